The summed E-state index contributed by atoms with van der Waals surface area (Å²) in [5.41, 5.74) is 2.82. The van der Waals surface area contributed by atoms with Crippen molar-refractivity contribution in [3.05, 3.63) is 82.1 Å². The first-order valence-corrected chi connectivity index (χ1v) is 11.9. The zero-order chi connectivity index (χ0) is 21.5. The van der Waals surface area contributed by atoms with E-state index in [1.165, 1.54) is 12.1 Å². The SMILES string of the molecule is Cc1ccc(Br)c(NS(=O)(=O)c2cccc(C(=O)N3CCn4cccc4C3C)c2)c1. The number of nitrogens with zero attached hydrogens (tertiary/aromatic N) is 2. The smallest absolute Gasteiger partial charge is 0.261 e. The van der Waals surface area contributed by atoms with E-state index in [0.717, 1.165) is 17.8 Å². The highest BCUT2D eigenvalue weighted by Gasteiger charge is 2.28. The van der Waals surface area contributed by atoms with Gasteiger partial charge in [-0.3, -0.25) is 9.52 Å². The topological polar surface area (TPSA) is 71.4 Å². The number of benzene rings is 2. The van der Waals surface area contributed by atoms with Crippen molar-refractivity contribution in [2.45, 2.75) is 31.3 Å². The quantitative estimate of drug-likeness (QED) is 0.585. The second kappa shape index (κ2) is 7.92. The fraction of sp³-hybridized carbons (Fsp3) is 0.227. The monoisotopic (exact) mass is 487 g/mol. The van der Waals surface area contributed by atoms with Crippen LogP contribution in [0.3, 0.4) is 0 Å². The second-order valence-corrected chi connectivity index (χ2v) is 9.95. The normalized spacial score (nSPS) is 16.2. The van der Waals surface area contributed by atoms with Crippen LogP contribution in [-0.2, 0) is 16.6 Å². The third-order valence-electron chi connectivity index (χ3n) is 5.36. The van der Waals surface area contributed by atoms with Gasteiger partial charge in [0.2, 0.25) is 0 Å². The molecule has 1 atom stereocenters. The standard InChI is InChI=1S/C22H22BrN3O3S/c1-15-8-9-19(23)20(13-15)24-30(28,29)18-6-3-5-17(14-18)22(27)26-12-11-25-10-4-7-21(25)16(26)2/h3-10,13-14,16,24H,11-12H2,1-2H3. The molecule has 1 unspecified atom stereocenters. The lowest BCUT2D eigenvalue weighted by molar-refractivity contribution is 0.0644. The van der Waals surface area contributed by atoms with Crippen LogP contribution in [0.2, 0.25) is 0 Å². The molecule has 0 saturated heterocycles. The van der Waals surface area contributed by atoms with Crippen LogP contribution in [0.15, 0.2) is 70.2 Å². The van der Waals surface area contributed by atoms with Gasteiger partial charge in [0.25, 0.3) is 15.9 Å². The molecule has 1 aromatic heterocycles. The molecule has 0 bridgehead atoms. The van der Waals surface area contributed by atoms with Gasteiger partial charge in [0.1, 0.15) is 0 Å². The molecule has 30 heavy (non-hydrogen) atoms. The summed E-state index contributed by atoms with van der Waals surface area (Å²) in [4.78, 5) is 15.0. The summed E-state index contributed by atoms with van der Waals surface area (Å²) in [6.07, 6.45) is 2.01. The summed E-state index contributed by atoms with van der Waals surface area (Å²) in [6.45, 7) is 5.17. The maximum Gasteiger partial charge on any atom is 0.261 e. The van der Waals surface area contributed by atoms with E-state index >= 15 is 0 Å². The average Bonchev–Trinajstić information content (AvgIpc) is 3.20. The molecule has 2 heterocycles. The summed E-state index contributed by atoms with van der Waals surface area (Å²) < 4.78 is 31.3. The van der Waals surface area contributed by atoms with E-state index in [1.807, 2.05) is 38.2 Å². The predicted molar refractivity (Wildman–Crippen MR) is 120 cm³/mol. The number of carbonyl (C=O) groups is 1. The lowest BCUT2D eigenvalue weighted by atomic mass is 10.1. The van der Waals surface area contributed by atoms with E-state index in [-0.39, 0.29) is 16.8 Å². The molecule has 8 heteroatoms. The van der Waals surface area contributed by atoms with E-state index in [2.05, 4.69) is 25.2 Å². The van der Waals surface area contributed by atoms with Crippen molar-refractivity contribution < 1.29 is 13.2 Å². The Morgan fingerprint density at radius 1 is 1.10 bits per heavy atom. The summed E-state index contributed by atoms with van der Waals surface area (Å²) in [6, 6.07) is 15.5. The minimum atomic E-state index is -3.85. The van der Waals surface area contributed by atoms with Gasteiger partial charge in [-0.1, -0.05) is 12.1 Å². The molecule has 6 nitrogen and oxygen atoms in total. The molecular formula is C22H22BrN3O3S. The maximum atomic E-state index is 13.2. The molecule has 0 radical (unpaired) electrons. The van der Waals surface area contributed by atoms with Crippen LogP contribution >= 0.6 is 15.9 Å². The molecule has 0 spiro atoms. The molecule has 3 aromatic rings. The number of anilines is 1. The van der Waals surface area contributed by atoms with Crippen LogP contribution in [0.1, 0.15) is 34.6 Å². The van der Waals surface area contributed by atoms with Gasteiger partial charge in [-0.2, -0.15) is 0 Å². The van der Waals surface area contributed by atoms with Gasteiger partial charge >= 0.3 is 0 Å². The van der Waals surface area contributed by atoms with Crippen LogP contribution < -0.4 is 4.72 Å². The van der Waals surface area contributed by atoms with Crippen molar-refractivity contribution in [2.75, 3.05) is 11.3 Å². The van der Waals surface area contributed by atoms with E-state index in [1.54, 1.807) is 29.2 Å². The Morgan fingerprint density at radius 2 is 1.90 bits per heavy atom. The highest BCUT2D eigenvalue weighted by atomic mass is 79.9. The van der Waals surface area contributed by atoms with Crippen LogP contribution in [0.4, 0.5) is 5.69 Å². The molecule has 2 aromatic carbocycles. The third kappa shape index (κ3) is 3.89. The van der Waals surface area contributed by atoms with Crippen molar-refractivity contribution in [3.8, 4) is 0 Å². The molecule has 1 N–H and O–H groups in total. The fourth-order valence-electron chi connectivity index (χ4n) is 3.74. The zero-order valence-corrected chi connectivity index (χ0v) is 19.1. The fourth-order valence-corrected chi connectivity index (χ4v) is 5.33. The van der Waals surface area contributed by atoms with Crippen molar-refractivity contribution in [1.82, 2.24) is 9.47 Å². The molecule has 1 amide bonds. The highest BCUT2D eigenvalue weighted by Crippen LogP contribution is 2.29. The number of sulfonamides is 1. The van der Waals surface area contributed by atoms with Gasteiger partial charge in [-0.05, 0) is 77.8 Å². The molecule has 1 aliphatic heterocycles. The zero-order valence-electron chi connectivity index (χ0n) is 16.7. The number of aromatic nitrogens is 1. The first-order valence-electron chi connectivity index (χ1n) is 9.61. The van der Waals surface area contributed by atoms with E-state index in [4.69, 9.17) is 0 Å². The first kappa shape index (κ1) is 20.7. The summed E-state index contributed by atoms with van der Waals surface area (Å²) in [5, 5.41) is 0. The predicted octanol–water partition coefficient (Wildman–Crippen LogP) is 4.58. The molecular weight excluding hydrogens is 466 g/mol. The van der Waals surface area contributed by atoms with Gasteiger partial charge in [0, 0.05) is 35.0 Å². The molecule has 1 aliphatic rings. The van der Waals surface area contributed by atoms with Crippen LogP contribution in [-0.4, -0.2) is 30.3 Å². The number of aryl methyl sites for hydroxylation is 1. The van der Waals surface area contributed by atoms with Gasteiger partial charge in [0.15, 0.2) is 0 Å². The van der Waals surface area contributed by atoms with Crippen LogP contribution in [0.25, 0.3) is 0 Å². The number of nitrogens with one attached hydrogen (secondary N) is 1. The first-order chi connectivity index (χ1) is 14.3. The Labute approximate surface area is 184 Å². The Morgan fingerprint density at radius 3 is 2.70 bits per heavy atom. The average molecular weight is 488 g/mol. The van der Waals surface area contributed by atoms with E-state index < -0.39 is 10.0 Å². The van der Waals surface area contributed by atoms with Crippen molar-refractivity contribution >= 4 is 37.5 Å². The third-order valence-corrected chi connectivity index (χ3v) is 7.42. The van der Waals surface area contributed by atoms with E-state index in [9.17, 15) is 13.2 Å². The number of hydrogen-bond acceptors (Lipinski definition) is 3. The second-order valence-electron chi connectivity index (χ2n) is 7.42. The lowest BCUT2D eigenvalue weighted by Crippen LogP contribution is -2.40. The minimum Gasteiger partial charge on any atom is -0.348 e. The Hall–Kier alpha value is -2.58. The Kier molecular flexibility index (Phi) is 5.46. The summed E-state index contributed by atoms with van der Waals surface area (Å²) >= 11 is 3.37. The van der Waals surface area contributed by atoms with Crippen molar-refractivity contribution in [2.24, 2.45) is 0 Å². The van der Waals surface area contributed by atoms with Gasteiger partial charge < -0.3 is 9.47 Å². The van der Waals surface area contributed by atoms with Crippen molar-refractivity contribution in [1.29, 1.82) is 0 Å². The van der Waals surface area contributed by atoms with Crippen LogP contribution in [0, 0.1) is 6.92 Å². The number of carbonyl (C=O) groups excluding carboxylic acids is 1. The number of amides is 1. The maximum absolute atomic E-state index is 13.2. The number of rotatable bonds is 4. The molecule has 0 fully saturated rings. The number of halogens is 1. The molecule has 156 valence electrons. The molecule has 0 aliphatic carbocycles. The lowest BCUT2D eigenvalue weighted by Gasteiger charge is -2.35. The van der Waals surface area contributed by atoms with Gasteiger partial charge in [0.05, 0.1) is 16.6 Å². The Balaban J connectivity index is 1.61. The number of fused-ring (bicyclic) bond motifs is 1. The molecule has 4 rings (SSSR count). The highest BCUT2D eigenvalue weighted by molar-refractivity contribution is 9.10. The summed E-state index contributed by atoms with van der Waals surface area (Å²) in [7, 11) is -3.85. The summed E-state index contributed by atoms with van der Waals surface area (Å²) in [5.74, 6) is -0.177. The Bertz CT molecular complexity index is 1220. The number of hydrogen-bond donors (Lipinski definition) is 1. The van der Waals surface area contributed by atoms with Gasteiger partial charge in [-0.25, -0.2) is 8.42 Å². The van der Waals surface area contributed by atoms with Crippen molar-refractivity contribution in [3.63, 3.8) is 0 Å². The van der Waals surface area contributed by atoms with E-state index in [0.29, 0.717) is 22.3 Å². The van der Waals surface area contributed by atoms with Crippen LogP contribution in [0.5, 0.6) is 0 Å². The van der Waals surface area contributed by atoms with Gasteiger partial charge in [-0.15, -0.1) is 0 Å². The molecule has 0 saturated carbocycles. The minimum absolute atomic E-state index is 0.0507. The largest absolute Gasteiger partial charge is 0.348 e.